The van der Waals surface area contributed by atoms with Gasteiger partial charge in [0.1, 0.15) is 6.04 Å². The fraction of sp³-hybridized carbons (Fsp3) is 0.250. The maximum absolute atomic E-state index is 13.1. The summed E-state index contributed by atoms with van der Waals surface area (Å²) in [6, 6.07) is 11.8. The van der Waals surface area contributed by atoms with Gasteiger partial charge in [-0.25, -0.2) is 0 Å². The van der Waals surface area contributed by atoms with Crippen LogP contribution in [0, 0.1) is 0 Å². The van der Waals surface area contributed by atoms with Crippen molar-refractivity contribution in [2.24, 2.45) is 0 Å². The van der Waals surface area contributed by atoms with Crippen molar-refractivity contribution < 1.29 is 9.32 Å². The largest absolute Gasteiger partial charge is 0.337 e. The highest BCUT2D eigenvalue weighted by atomic mass is 35.5. The van der Waals surface area contributed by atoms with Crippen molar-refractivity contribution in [1.29, 1.82) is 0 Å². The Bertz CT molecular complexity index is 1020. The first-order chi connectivity index (χ1) is 13.5. The van der Waals surface area contributed by atoms with Crippen LogP contribution in [0.5, 0.6) is 0 Å². The second-order valence-electron chi connectivity index (χ2n) is 6.60. The minimum absolute atomic E-state index is 0.172. The van der Waals surface area contributed by atoms with Gasteiger partial charge in [0.05, 0.1) is 10.6 Å². The van der Waals surface area contributed by atoms with Crippen LogP contribution in [0.4, 0.5) is 0 Å². The zero-order valence-electron chi connectivity index (χ0n) is 14.7. The van der Waals surface area contributed by atoms with Crippen molar-refractivity contribution in [3.63, 3.8) is 0 Å². The van der Waals surface area contributed by atoms with Crippen LogP contribution >= 0.6 is 34.8 Å². The van der Waals surface area contributed by atoms with Gasteiger partial charge in [-0.1, -0.05) is 52.1 Å². The normalized spacial score (nSPS) is 17.0. The monoisotopic (exact) mass is 435 g/mol. The molecule has 0 bridgehead atoms. The molecule has 1 unspecified atom stereocenters. The number of benzene rings is 2. The summed E-state index contributed by atoms with van der Waals surface area (Å²) in [5.74, 6) is 0.682. The molecule has 1 aromatic heterocycles. The molecular weight excluding hydrogens is 421 g/mol. The van der Waals surface area contributed by atoms with Gasteiger partial charge in [-0.3, -0.25) is 4.79 Å². The fourth-order valence-corrected chi connectivity index (χ4v) is 4.04. The van der Waals surface area contributed by atoms with E-state index in [1.54, 1.807) is 35.2 Å². The van der Waals surface area contributed by atoms with Gasteiger partial charge >= 0.3 is 0 Å². The first-order valence-corrected chi connectivity index (χ1v) is 10.0. The van der Waals surface area contributed by atoms with Crippen molar-refractivity contribution in [3.8, 4) is 11.4 Å². The van der Waals surface area contributed by atoms with Crippen molar-refractivity contribution in [2.45, 2.75) is 25.3 Å². The summed E-state index contributed by atoms with van der Waals surface area (Å²) < 4.78 is 5.51. The third-order valence-electron chi connectivity index (χ3n) is 4.73. The highest BCUT2D eigenvalue weighted by Crippen LogP contribution is 2.34. The lowest BCUT2D eigenvalue weighted by molar-refractivity contribution is 0.0561. The molecule has 1 saturated heterocycles. The van der Waals surface area contributed by atoms with Gasteiger partial charge in [0.2, 0.25) is 11.7 Å². The Labute approximate surface area is 177 Å². The maximum Gasteiger partial charge on any atom is 0.256 e. The van der Waals surface area contributed by atoms with Crippen LogP contribution in [-0.2, 0) is 0 Å². The summed E-state index contributed by atoms with van der Waals surface area (Å²) in [6.07, 6.45) is 2.62. The van der Waals surface area contributed by atoms with Crippen LogP contribution in [0.25, 0.3) is 11.4 Å². The van der Waals surface area contributed by atoms with Crippen LogP contribution in [0.15, 0.2) is 47.0 Å². The lowest BCUT2D eigenvalue weighted by atomic mass is 10.0. The predicted molar refractivity (Wildman–Crippen MR) is 109 cm³/mol. The molecule has 144 valence electrons. The topological polar surface area (TPSA) is 59.2 Å². The van der Waals surface area contributed by atoms with Gasteiger partial charge in [0, 0.05) is 22.2 Å². The Morgan fingerprint density at radius 1 is 1.07 bits per heavy atom. The molecule has 2 heterocycles. The van der Waals surface area contributed by atoms with E-state index in [4.69, 9.17) is 39.3 Å². The highest BCUT2D eigenvalue weighted by Gasteiger charge is 2.33. The fourth-order valence-electron chi connectivity index (χ4n) is 3.36. The van der Waals surface area contributed by atoms with Gasteiger partial charge in [0.15, 0.2) is 0 Å². The summed E-state index contributed by atoms with van der Waals surface area (Å²) in [6.45, 7) is 0.595. The number of halogens is 3. The van der Waals surface area contributed by atoms with Crippen molar-refractivity contribution >= 4 is 40.7 Å². The summed E-state index contributed by atoms with van der Waals surface area (Å²) in [5.41, 5.74) is 1.17. The van der Waals surface area contributed by atoms with E-state index < -0.39 is 0 Å². The maximum atomic E-state index is 13.1. The molecule has 0 N–H and O–H groups in total. The Morgan fingerprint density at radius 2 is 1.89 bits per heavy atom. The molecule has 1 aliphatic heterocycles. The predicted octanol–water partition coefficient (Wildman–Crippen LogP) is 6.06. The molecule has 5 nitrogen and oxygen atoms in total. The number of hydrogen-bond acceptors (Lipinski definition) is 4. The van der Waals surface area contributed by atoms with Crippen molar-refractivity contribution in [2.75, 3.05) is 6.54 Å². The first kappa shape index (κ1) is 19.2. The molecule has 1 amide bonds. The summed E-state index contributed by atoms with van der Waals surface area (Å²) in [7, 11) is 0. The molecule has 0 radical (unpaired) electrons. The lowest BCUT2D eigenvalue weighted by Crippen LogP contribution is -2.38. The minimum atomic E-state index is -0.298. The van der Waals surface area contributed by atoms with E-state index in [1.165, 1.54) is 0 Å². The molecule has 28 heavy (non-hydrogen) atoms. The van der Waals surface area contributed by atoms with Gasteiger partial charge in [-0.15, -0.1) is 0 Å². The molecule has 2 aromatic carbocycles. The molecule has 4 rings (SSSR count). The zero-order chi connectivity index (χ0) is 19.7. The Morgan fingerprint density at radius 3 is 2.68 bits per heavy atom. The van der Waals surface area contributed by atoms with Crippen LogP contribution in [-0.4, -0.2) is 27.5 Å². The molecule has 8 heteroatoms. The molecule has 0 spiro atoms. The Balaban J connectivity index is 1.63. The number of rotatable bonds is 3. The standard InChI is InChI=1S/C20H16Cl3N3O2/c21-13-5-3-4-12(10-13)18-24-19(28-25-18)17-6-1-2-9-26(17)20(27)15-8-7-14(22)11-16(15)23/h3-5,7-8,10-11,17H,1-2,6,9H2. The molecule has 1 atom stereocenters. The quantitative estimate of drug-likeness (QED) is 0.500. The first-order valence-electron chi connectivity index (χ1n) is 8.88. The average Bonchev–Trinajstić information content (AvgIpc) is 3.18. The van der Waals surface area contributed by atoms with E-state index in [9.17, 15) is 4.79 Å². The molecule has 0 saturated carbocycles. The third-order valence-corrected chi connectivity index (χ3v) is 5.52. The van der Waals surface area contributed by atoms with Gasteiger partial charge in [0.25, 0.3) is 5.91 Å². The number of piperidine rings is 1. The van der Waals surface area contributed by atoms with E-state index in [0.29, 0.717) is 38.9 Å². The van der Waals surface area contributed by atoms with E-state index >= 15 is 0 Å². The smallest absolute Gasteiger partial charge is 0.256 e. The number of likely N-dealkylation sites (tertiary alicyclic amines) is 1. The van der Waals surface area contributed by atoms with E-state index in [2.05, 4.69) is 10.1 Å². The van der Waals surface area contributed by atoms with E-state index in [-0.39, 0.29) is 11.9 Å². The van der Waals surface area contributed by atoms with Crippen molar-refractivity contribution in [3.05, 3.63) is 69.0 Å². The number of hydrogen-bond donors (Lipinski definition) is 0. The van der Waals surface area contributed by atoms with Gasteiger partial charge in [-0.2, -0.15) is 4.98 Å². The number of carbonyl (C=O) groups excluding carboxylic acids is 1. The Kier molecular flexibility index (Phi) is 5.58. The molecule has 0 aliphatic carbocycles. The second-order valence-corrected chi connectivity index (χ2v) is 7.88. The van der Waals surface area contributed by atoms with Gasteiger partial charge in [-0.05, 0) is 49.6 Å². The molecule has 1 aliphatic rings. The molecule has 1 fully saturated rings. The van der Waals surface area contributed by atoms with Crippen LogP contribution in [0.1, 0.15) is 41.6 Å². The minimum Gasteiger partial charge on any atom is -0.337 e. The average molecular weight is 437 g/mol. The van der Waals surface area contributed by atoms with Crippen LogP contribution < -0.4 is 0 Å². The SMILES string of the molecule is O=C(c1ccc(Cl)cc1Cl)N1CCCCC1c1nc(-c2cccc(Cl)c2)no1. The van der Waals surface area contributed by atoms with E-state index in [1.807, 2.05) is 12.1 Å². The highest BCUT2D eigenvalue weighted by molar-refractivity contribution is 6.36. The lowest BCUT2D eigenvalue weighted by Gasteiger charge is -2.33. The van der Waals surface area contributed by atoms with Crippen LogP contribution in [0.2, 0.25) is 15.1 Å². The molecule has 3 aromatic rings. The number of nitrogens with zero attached hydrogens (tertiary/aromatic N) is 3. The number of aromatic nitrogens is 2. The number of amides is 1. The van der Waals surface area contributed by atoms with E-state index in [0.717, 1.165) is 24.8 Å². The Hall–Kier alpha value is -2.08. The third kappa shape index (κ3) is 3.88. The zero-order valence-corrected chi connectivity index (χ0v) is 17.0. The summed E-state index contributed by atoms with van der Waals surface area (Å²) >= 11 is 18.2. The van der Waals surface area contributed by atoms with Gasteiger partial charge < -0.3 is 9.42 Å². The number of carbonyl (C=O) groups is 1. The summed E-state index contributed by atoms with van der Waals surface area (Å²) in [5, 5.41) is 5.48. The van der Waals surface area contributed by atoms with Crippen molar-refractivity contribution in [1.82, 2.24) is 15.0 Å². The van der Waals surface area contributed by atoms with Crippen LogP contribution in [0.3, 0.4) is 0 Å². The molecular formula is C20H16Cl3N3O2. The second kappa shape index (κ2) is 8.11. The summed E-state index contributed by atoms with van der Waals surface area (Å²) in [4.78, 5) is 19.4.